The number of halogens is 1. The van der Waals surface area contributed by atoms with Gasteiger partial charge in [-0.25, -0.2) is 10.2 Å². The Balaban J connectivity index is 0.00000225. The highest BCUT2D eigenvalue weighted by atomic mass is 35.5. The van der Waals surface area contributed by atoms with E-state index in [1.165, 1.54) is 6.21 Å². The third kappa shape index (κ3) is 3.51. The summed E-state index contributed by atoms with van der Waals surface area (Å²) in [5.74, 6) is -0.112. The molecule has 8 heteroatoms. The fraction of sp³-hybridized carbons (Fsp3) is 0.0588. The van der Waals surface area contributed by atoms with Crippen molar-refractivity contribution in [3.8, 4) is 0 Å². The van der Waals surface area contributed by atoms with E-state index >= 15 is 0 Å². The zero-order chi connectivity index (χ0) is 17.1. The SMILES string of the molecule is Cc1c(C=NNC(N)=O)c2ccccn2c1C(=O)c1ccncc1.Cl. The number of carbonyl (C=O) groups excluding carboxylic acids is 2. The minimum absolute atomic E-state index is 0. The Labute approximate surface area is 150 Å². The molecule has 0 spiro atoms. The normalized spacial score (nSPS) is 10.6. The van der Waals surface area contributed by atoms with Gasteiger partial charge in [0.2, 0.25) is 5.78 Å². The maximum atomic E-state index is 12.9. The standard InChI is InChI=1S/C17H15N5O2.ClH/c1-11-13(10-20-21-17(18)24)14-4-2-3-9-22(14)15(11)16(23)12-5-7-19-8-6-12;/h2-10H,1H3,(H3,18,21,24);1H. The van der Waals surface area contributed by atoms with Gasteiger partial charge in [-0.05, 0) is 36.8 Å². The Morgan fingerprint density at radius 1 is 1.24 bits per heavy atom. The van der Waals surface area contributed by atoms with Gasteiger partial charge in [0.25, 0.3) is 0 Å². The van der Waals surface area contributed by atoms with Gasteiger partial charge in [0.15, 0.2) is 0 Å². The number of nitrogens with zero attached hydrogens (tertiary/aromatic N) is 3. The number of hydrogen-bond acceptors (Lipinski definition) is 4. The largest absolute Gasteiger partial charge is 0.350 e. The molecule has 3 heterocycles. The molecule has 0 unspecified atom stereocenters. The molecule has 25 heavy (non-hydrogen) atoms. The van der Waals surface area contributed by atoms with E-state index in [-0.39, 0.29) is 18.2 Å². The van der Waals surface area contributed by atoms with Gasteiger partial charge >= 0.3 is 6.03 Å². The van der Waals surface area contributed by atoms with Crippen molar-refractivity contribution in [3.05, 3.63) is 71.3 Å². The minimum atomic E-state index is -0.750. The summed E-state index contributed by atoms with van der Waals surface area (Å²) in [6, 6.07) is 8.19. The molecule has 128 valence electrons. The fourth-order valence-electron chi connectivity index (χ4n) is 2.60. The number of ketones is 1. The van der Waals surface area contributed by atoms with Crippen LogP contribution in [-0.4, -0.2) is 27.4 Å². The topological polar surface area (TPSA) is 102 Å². The lowest BCUT2D eigenvalue weighted by atomic mass is 10.1. The second-order valence-electron chi connectivity index (χ2n) is 5.14. The van der Waals surface area contributed by atoms with Crippen LogP contribution in [0.15, 0.2) is 54.0 Å². The summed E-state index contributed by atoms with van der Waals surface area (Å²) in [7, 11) is 0. The van der Waals surface area contributed by atoms with Crippen molar-refractivity contribution in [1.82, 2.24) is 14.8 Å². The molecule has 0 atom stereocenters. The average Bonchev–Trinajstić information content (AvgIpc) is 2.87. The molecular weight excluding hydrogens is 342 g/mol. The first-order valence-electron chi connectivity index (χ1n) is 7.22. The van der Waals surface area contributed by atoms with Crippen LogP contribution in [0.25, 0.3) is 5.52 Å². The number of carbonyl (C=O) groups is 2. The molecule has 0 aliphatic carbocycles. The van der Waals surface area contributed by atoms with Crippen molar-refractivity contribution in [2.45, 2.75) is 6.92 Å². The molecule has 3 N–H and O–H groups in total. The summed E-state index contributed by atoms with van der Waals surface area (Å²) in [5, 5.41) is 3.81. The van der Waals surface area contributed by atoms with E-state index in [1.807, 2.05) is 35.7 Å². The molecule has 0 bridgehead atoms. The molecule has 3 rings (SSSR count). The third-order valence-electron chi connectivity index (χ3n) is 3.66. The number of hydrogen-bond donors (Lipinski definition) is 2. The zero-order valence-corrected chi connectivity index (χ0v) is 14.2. The highest BCUT2D eigenvalue weighted by molar-refractivity contribution is 6.11. The van der Waals surface area contributed by atoms with Crippen LogP contribution < -0.4 is 11.2 Å². The van der Waals surface area contributed by atoms with Crippen LogP contribution in [0.3, 0.4) is 0 Å². The smallest absolute Gasteiger partial charge is 0.332 e. The summed E-state index contributed by atoms with van der Waals surface area (Å²) in [5.41, 5.74) is 10.6. The van der Waals surface area contributed by atoms with E-state index in [0.29, 0.717) is 11.3 Å². The number of aromatic nitrogens is 2. The first kappa shape index (κ1) is 18.2. The van der Waals surface area contributed by atoms with Crippen molar-refractivity contribution in [1.29, 1.82) is 0 Å². The quantitative estimate of drug-likeness (QED) is 0.425. The average molecular weight is 358 g/mol. The van der Waals surface area contributed by atoms with E-state index in [9.17, 15) is 9.59 Å². The van der Waals surface area contributed by atoms with Gasteiger partial charge in [0, 0.05) is 29.7 Å². The lowest BCUT2D eigenvalue weighted by Crippen LogP contribution is -2.24. The lowest BCUT2D eigenvalue weighted by molar-refractivity contribution is 0.103. The second-order valence-corrected chi connectivity index (χ2v) is 5.14. The van der Waals surface area contributed by atoms with Gasteiger partial charge in [-0.3, -0.25) is 9.78 Å². The Morgan fingerprint density at radius 3 is 2.64 bits per heavy atom. The molecule has 0 aromatic carbocycles. The lowest BCUT2D eigenvalue weighted by Gasteiger charge is -2.03. The first-order valence-corrected chi connectivity index (χ1v) is 7.22. The van der Waals surface area contributed by atoms with E-state index in [1.54, 1.807) is 24.5 Å². The molecule has 0 fully saturated rings. The second kappa shape index (κ2) is 7.59. The summed E-state index contributed by atoms with van der Waals surface area (Å²) < 4.78 is 1.81. The Kier molecular flexibility index (Phi) is 5.51. The number of pyridine rings is 2. The van der Waals surface area contributed by atoms with Crippen molar-refractivity contribution in [2.24, 2.45) is 10.8 Å². The monoisotopic (exact) mass is 357 g/mol. The fourth-order valence-corrected chi connectivity index (χ4v) is 2.60. The van der Waals surface area contributed by atoms with Crippen LogP contribution in [0.4, 0.5) is 4.79 Å². The number of primary amides is 1. The number of fused-ring (bicyclic) bond motifs is 1. The van der Waals surface area contributed by atoms with E-state index in [4.69, 9.17) is 5.73 Å². The maximum absolute atomic E-state index is 12.9. The summed E-state index contributed by atoms with van der Waals surface area (Å²) in [4.78, 5) is 27.6. The molecule has 0 aliphatic rings. The van der Waals surface area contributed by atoms with Crippen LogP contribution in [-0.2, 0) is 0 Å². The Bertz CT molecular complexity index is 950. The van der Waals surface area contributed by atoms with Crippen molar-refractivity contribution < 1.29 is 9.59 Å². The molecule has 0 aliphatic heterocycles. The number of hydrazone groups is 1. The Morgan fingerprint density at radius 2 is 1.96 bits per heavy atom. The molecule has 2 amide bonds. The number of rotatable bonds is 4. The van der Waals surface area contributed by atoms with Crippen molar-refractivity contribution in [3.63, 3.8) is 0 Å². The van der Waals surface area contributed by atoms with Crippen molar-refractivity contribution >= 4 is 36.0 Å². The van der Waals surface area contributed by atoms with Crippen LogP contribution in [0.1, 0.15) is 27.2 Å². The molecular formula is C17H16ClN5O2. The van der Waals surface area contributed by atoms with Gasteiger partial charge < -0.3 is 10.1 Å². The molecule has 0 radical (unpaired) electrons. The molecule has 7 nitrogen and oxygen atoms in total. The van der Waals surface area contributed by atoms with Gasteiger partial charge in [-0.15, -0.1) is 12.4 Å². The predicted molar refractivity (Wildman–Crippen MR) is 97.4 cm³/mol. The summed E-state index contributed by atoms with van der Waals surface area (Å²) in [6.07, 6.45) is 6.46. The zero-order valence-electron chi connectivity index (χ0n) is 13.3. The first-order chi connectivity index (χ1) is 11.6. The summed E-state index contributed by atoms with van der Waals surface area (Å²) in [6.45, 7) is 1.84. The molecule has 0 saturated carbocycles. The van der Waals surface area contributed by atoms with Crippen LogP contribution in [0.2, 0.25) is 0 Å². The van der Waals surface area contributed by atoms with E-state index < -0.39 is 6.03 Å². The molecule has 0 saturated heterocycles. The maximum Gasteiger partial charge on any atom is 0.332 e. The number of nitrogens with one attached hydrogen (secondary N) is 1. The predicted octanol–water partition coefficient (Wildman–Crippen LogP) is 2.30. The van der Waals surface area contributed by atoms with Gasteiger partial charge in [0.1, 0.15) is 0 Å². The highest BCUT2D eigenvalue weighted by Crippen LogP contribution is 2.24. The van der Waals surface area contributed by atoms with Gasteiger partial charge in [-0.1, -0.05) is 6.07 Å². The highest BCUT2D eigenvalue weighted by Gasteiger charge is 2.20. The number of nitrogens with two attached hydrogens (primary N) is 1. The van der Waals surface area contributed by atoms with E-state index in [2.05, 4.69) is 15.5 Å². The van der Waals surface area contributed by atoms with Crippen LogP contribution >= 0.6 is 12.4 Å². The van der Waals surface area contributed by atoms with Gasteiger partial charge in [-0.2, -0.15) is 5.10 Å². The molecule has 3 aromatic rings. The summed E-state index contributed by atoms with van der Waals surface area (Å²) >= 11 is 0. The van der Waals surface area contributed by atoms with Crippen LogP contribution in [0.5, 0.6) is 0 Å². The van der Waals surface area contributed by atoms with Crippen LogP contribution in [0, 0.1) is 6.92 Å². The Hall–Kier alpha value is -3.19. The number of urea groups is 1. The third-order valence-corrected chi connectivity index (χ3v) is 3.66. The van der Waals surface area contributed by atoms with E-state index in [0.717, 1.165) is 16.6 Å². The van der Waals surface area contributed by atoms with Gasteiger partial charge in [0.05, 0.1) is 17.4 Å². The molecule has 3 aromatic heterocycles. The van der Waals surface area contributed by atoms with Crippen molar-refractivity contribution in [2.75, 3.05) is 0 Å². The minimum Gasteiger partial charge on any atom is -0.350 e. The number of amides is 2.